The monoisotopic (exact) mass is 398 g/mol. The maximum absolute atomic E-state index is 12.7. The average molecular weight is 398 g/mol. The van der Waals surface area contributed by atoms with Gasteiger partial charge in [-0.05, 0) is 49.2 Å². The summed E-state index contributed by atoms with van der Waals surface area (Å²) in [6.07, 6.45) is -3.58. The smallest absolute Gasteiger partial charge is 0.367 e. The van der Waals surface area contributed by atoms with Gasteiger partial charge in [-0.25, -0.2) is 8.42 Å². The highest BCUT2D eigenvalue weighted by Crippen LogP contribution is 2.31. The Balaban J connectivity index is 1.74. The van der Waals surface area contributed by atoms with Gasteiger partial charge in [-0.15, -0.1) is 0 Å². The number of sulfonamides is 1. The molecule has 1 unspecified atom stereocenters. The molecule has 146 valence electrons. The lowest BCUT2D eigenvalue weighted by atomic mass is 10.2. The van der Waals surface area contributed by atoms with Gasteiger partial charge >= 0.3 is 6.18 Å². The predicted molar refractivity (Wildman–Crippen MR) is 98.2 cm³/mol. The molecule has 0 bridgehead atoms. The molecule has 0 radical (unpaired) electrons. The fraction of sp³-hybridized carbons (Fsp3) is 0.368. The maximum atomic E-state index is 12.7. The van der Waals surface area contributed by atoms with Gasteiger partial charge in [-0.1, -0.05) is 18.2 Å². The van der Waals surface area contributed by atoms with Gasteiger partial charge in [0.05, 0.1) is 10.5 Å². The van der Waals surface area contributed by atoms with E-state index < -0.39 is 21.8 Å². The van der Waals surface area contributed by atoms with E-state index in [1.807, 2.05) is 25.1 Å². The third kappa shape index (κ3) is 3.96. The number of alkyl halides is 3. The van der Waals surface area contributed by atoms with Crippen LogP contribution in [0.1, 0.15) is 18.1 Å². The van der Waals surface area contributed by atoms with Crippen LogP contribution < -0.4 is 4.90 Å². The Morgan fingerprint density at radius 3 is 2.37 bits per heavy atom. The van der Waals surface area contributed by atoms with Crippen molar-refractivity contribution in [1.29, 1.82) is 0 Å². The number of likely N-dealkylation sites (N-methyl/N-ethyl adjacent to an activating group) is 1. The van der Waals surface area contributed by atoms with Crippen molar-refractivity contribution < 1.29 is 21.6 Å². The number of nitrogens with zero attached hydrogens (tertiary/aromatic N) is 2. The van der Waals surface area contributed by atoms with Crippen molar-refractivity contribution in [3.63, 3.8) is 0 Å². The van der Waals surface area contributed by atoms with Crippen molar-refractivity contribution in [2.75, 3.05) is 25.0 Å². The Bertz CT molecular complexity index is 911. The van der Waals surface area contributed by atoms with Crippen LogP contribution >= 0.6 is 0 Å². The van der Waals surface area contributed by atoms with Gasteiger partial charge in [-0.2, -0.15) is 17.5 Å². The lowest BCUT2D eigenvalue weighted by Crippen LogP contribution is -2.42. The Hall–Kier alpha value is -2.06. The largest absolute Gasteiger partial charge is 0.416 e. The van der Waals surface area contributed by atoms with Crippen molar-refractivity contribution in [2.24, 2.45) is 0 Å². The first-order chi connectivity index (χ1) is 12.6. The van der Waals surface area contributed by atoms with Crippen LogP contribution in [0.15, 0.2) is 53.4 Å². The third-order valence-electron chi connectivity index (χ3n) is 4.87. The molecule has 27 heavy (non-hydrogen) atoms. The van der Waals surface area contributed by atoms with E-state index in [4.69, 9.17) is 0 Å². The summed E-state index contributed by atoms with van der Waals surface area (Å²) in [7, 11) is -2.41. The second-order valence-electron chi connectivity index (χ2n) is 6.73. The summed E-state index contributed by atoms with van der Waals surface area (Å²) in [4.78, 5) is 2.01. The predicted octanol–water partition coefficient (Wildman–Crippen LogP) is 3.78. The molecule has 8 heteroatoms. The van der Waals surface area contributed by atoms with Gasteiger partial charge in [-0.3, -0.25) is 0 Å². The molecule has 0 N–H and O–H groups in total. The van der Waals surface area contributed by atoms with E-state index >= 15 is 0 Å². The normalized spacial score (nSPS) is 15.9. The van der Waals surface area contributed by atoms with Crippen LogP contribution in [0.25, 0.3) is 0 Å². The highest BCUT2D eigenvalue weighted by atomic mass is 32.2. The quantitative estimate of drug-likeness (QED) is 0.770. The summed E-state index contributed by atoms with van der Waals surface area (Å²) < 4.78 is 64.7. The average Bonchev–Trinajstić information content (AvgIpc) is 3.05. The number of rotatable bonds is 5. The Kier molecular flexibility index (Phi) is 5.22. The summed E-state index contributed by atoms with van der Waals surface area (Å²) in [5.41, 5.74) is 1.47. The van der Waals surface area contributed by atoms with E-state index in [1.54, 1.807) is 0 Å². The van der Waals surface area contributed by atoms with Crippen molar-refractivity contribution in [3.05, 3.63) is 59.7 Å². The summed E-state index contributed by atoms with van der Waals surface area (Å²) in [5.74, 6) is 0. The maximum Gasteiger partial charge on any atom is 0.416 e. The van der Waals surface area contributed by atoms with Crippen molar-refractivity contribution in [3.8, 4) is 0 Å². The van der Waals surface area contributed by atoms with Gasteiger partial charge in [0.1, 0.15) is 0 Å². The number of hydrogen-bond donors (Lipinski definition) is 0. The molecular weight excluding hydrogens is 377 g/mol. The highest BCUT2D eigenvalue weighted by molar-refractivity contribution is 7.89. The van der Waals surface area contributed by atoms with Gasteiger partial charge in [0, 0.05) is 31.9 Å². The highest BCUT2D eigenvalue weighted by Gasteiger charge is 2.32. The first kappa shape index (κ1) is 19.7. The van der Waals surface area contributed by atoms with E-state index in [2.05, 4.69) is 11.0 Å². The number of halogens is 3. The molecule has 0 aliphatic carbocycles. The van der Waals surface area contributed by atoms with E-state index in [0.29, 0.717) is 0 Å². The topological polar surface area (TPSA) is 40.6 Å². The standard InChI is InChI=1S/C19H21F3N2O2S/c1-14(24-12-11-15-5-3-4-6-18(15)24)13-23(2)27(25,26)17-9-7-16(8-10-17)19(20,21)22/h3-10,14H,11-13H2,1-2H3. The third-order valence-corrected chi connectivity index (χ3v) is 6.70. The molecule has 2 aromatic rings. The minimum absolute atomic E-state index is 0.0668. The SMILES string of the molecule is CC(CN(C)S(=O)(=O)c1ccc(C(F)(F)F)cc1)N1CCc2ccccc21. The zero-order valence-corrected chi connectivity index (χ0v) is 15.9. The first-order valence-corrected chi connectivity index (χ1v) is 10.0. The Morgan fingerprint density at radius 1 is 1.11 bits per heavy atom. The molecular formula is C19H21F3N2O2S. The van der Waals surface area contributed by atoms with Crippen LogP contribution in [0.5, 0.6) is 0 Å². The lowest BCUT2D eigenvalue weighted by molar-refractivity contribution is -0.137. The van der Waals surface area contributed by atoms with E-state index in [1.165, 1.54) is 16.9 Å². The molecule has 4 nitrogen and oxygen atoms in total. The second-order valence-corrected chi connectivity index (χ2v) is 8.77. The lowest BCUT2D eigenvalue weighted by Gasteiger charge is -2.30. The minimum Gasteiger partial charge on any atom is -0.367 e. The first-order valence-electron chi connectivity index (χ1n) is 8.59. The van der Waals surface area contributed by atoms with Crippen LogP contribution in [0.4, 0.5) is 18.9 Å². The Labute approximate surface area is 157 Å². The summed E-state index contributed by atoms with van der Waals surface area (Å²) in [5, 5.41) is 0. The van der Waals surface area contributed by atoms with Gasteiger partial charge in [0.25, 0.3) is 0 Å². The van der Waals surface area contributed by atoms with Gasteiger partial charge in [0.2, 0.25) is 10.0 Å². The molecule has 1 aliphatic rings. The summed E-state index contributed by atoms with van der Waals surface area (Å²) in [6.45, 7) is 2.99. The van der Waals surface area contributed by atoms with Crippen molar-refractivity contribution in [1.82, 2.24) is 4.31 Å². The number of anilines is 1. The molecule has 1 aliphatic heterocycles. The molecule has 0 saturated carbocycles. The molecule has 1 atom stereocenters. The van der Waals surface area contributed by atoms with Crippen LogP contribution in [0.3, 0.4) is 0 Å². The summed E-state index contributed by atoms with van der Waals surface area (Å²) in [6, 6.07) is 11.5. The number of para-hydroxylation sites is 1. The molecule has 3 rings (SSSR count). The van der Waals surface area contributed by atoms with E-state index in [0.717, 1.165) is 42.9 Å². The zero-order valence-electron chi connectivity index (χ0n) is 15.1. The van der Waals surface area contributed by atoms with Crippen molar-refractivity contribution in [2.45, 2.75) is 30.5 Å². The molecule has 2 aromatic carbocycles. The zero-order chi connectivity index (χ0) is 19.8. The number of benzene rings is 2. The molecule has 1 heterocycles. The molecule has 0 amide bonds. The van der Waals surface area contributed by atoms with Gasteiger partial charge < -0.3 is 4.90 Å². The molecule has 0 saturated heterocycles. The van der Waals surface area contributed by atoms with Crippen LogP contribution in [-0.2, 0) is 22.6 Å². The molecule has 0 spiro atoms. The van der Waals surface area contributed by atoms with Gasteiger partial charge in [0.15, 0.2) is 0 Å². The summed E-state index contributed by atoms with van der Waals surface area (Å²) >= 11 is 0. The second kappa shape index (κ2) is 7.16. The Morgan fingerprint density at radius 2 is 1.74 bits per heavy atom. The van der Waals surface area contributed by atoms with Crippen LogP contribution in [-0.4, -0.2) is 38.9 Å². The number of fused-ring (bicyclic) bond motifs is 1. The van der Waals surface area contributed by atoms with Crippen LogP contribution in [0.2, 0.25) is 0 Å². The minimum atomic E-state index is -4.49. The van der Waals surface area contributed by atoms with Crippen molar-refractivity contribution >= 4 is 15.7 Å². The number of hydrogen-bond acceptors (Lipinski definition) is 3. The molecule has 0 aromatic heterocycles. The fourth-order valence-corrected chi connectivity index (χ4v) is 4.64. The van der Waals surface area contributed by atoms with Crippen LogP contribution in [0, 0.1) is 0 Å². The van der Waals surface area contributed by atoms with E-state index in [-0.39, 0.29) is 17.5 Å². The van der Waals surface area contributed by atoms with E-state index in [9.17, 15) is 21.6 Å². The fourth-order valence-electron chi connectivity index (χ4n) is 3.39. The molecule has 0 fully saturated rings.